The normalized spacial score (nSPS) is 11.9. The van der Waals surface area contributed by atoms with E-state index < -0.39 is 0 Å². The lowest BCUT2D eigenvalue weighted by atomic mass is 9.86. The number of hydrogen-bond donors (Lipinski definition) is 0. The van der Waals surface area contributed by atoms with Gasteiger partial charge in [0, 0.05) is 23.8 Å². The first kappa shape index (κ1) is 20.8. The van der Waals surface area contributed by atoms with E-state index in [0.29, 0.717) is 5.56 Å². The molecule has 0 fully saturated rings. The molecule has 0 aliphatic carbocycles. The van der Waals surface area contributed by atoms with Gasteiger partial charge in [-0.05, 0) is 58.4 Å². The third-order valence-electron chi connectivity index (χ3n) is 5.09. The molecule has 0 saturated carbocycles. The van der Waals surface area contributed by atoms with Crippen molar-refractivity contribution in [3.8, 4) is 0 Å². The van der Waals surface area contributed by atoms with Crippen LogP contribution < -0.4 is 4.90 Å². The smallest absolute Gasteiger partial charge is 0.264 e. The van der Waals surface area contributed by atoms with Gasteiger partial charge in [-0.15, -0.1) is 0 Å². The molecule has 29 heavy (non-hydrogen) atoms. The van der Waals surface area contributed by atoms with Crippen molar-refractivity contribution in [2.45, 2.75) is 52.4 Å². The zero-order chi connectivity index (χ0) is 21.2. The van der Waals surface area contributed by atoms with Crippen molar-refractivity contribution in [2.24, 2.45) is 0 Å². The van der Waals surface area contributed by atoms with Crippen molar-refractivity contribution in [2.75, 3.05) is 4.90 Å². The number of aromatic nitrogens is 1. The highest BCUT2D eigenvalue weighted by atomic mass is 16.2. The fourth-order valence-electron chi connectivity index (χ4n) is 3.22. The van der Waals surface area contributed by atoms with Gasteiger partial charge in [0.25, 0.3) is 5.91 Å². The van der Waals surface area contributed by atoms with Crippen molar-refractivity contribution in [3.63, 3.8) is 0 Å². The molecule has 3 nitrogen and oxygen atoms in total. The van der Waals surface area contributed by atoms with Crippen LogP contribution in [0.3, 0.4) is 0 Å². The first-order valence-corrected chi connectivity index (χ1v) is 10.0. The van der Waals surface area contributed by atoms with Crippen LogP contribution in [0.25, 0.3) is 0 Å². The predicted octanol–water partition coefficient (Wildman–Crippen LogP) is 6.66. The maximum atomic E-state index is 13.4. The molecule has 0 N–H and O–H groups in total. The second-order valence-corrected chi connectivity index (χ2v) is 9.48. The van der Waals surface area contributed by atoms with Crippen LogP contribution in [0, 0.1) is 0 Å². The van der Waals surface area contributed by atoms with Crippen molar-refractivity contribution in [1.82, 2.24) is 4.98 Å². The summed E-state index contributed by atoms with van der Waals surface area (Å²) in [6.07, 6.45) is 3.29. The topological polar surface area (TPSA) is 33.2 Å². The molecule has 2 aromatic carbocycles. The van der Waals surface area contributed by atoms with Crippen LogP contribution in [0.1, 0.15) is 63.0 Å². The summed E-state index contributed by atoms with van der Waals surface area (Å²) in [5.41, 5.74) is 4.84. The lowest BCUT2D eigenvalue weighted by molar-refractivity contribution is 0.0999. The third kappa shape index (κ3) is 4.73. The molecular formula is C26H30N2O. The zero-order valence-electron chi connectivity index (χ0n) is 18.2. The summed E-state index contributed by atoms with van der Waals surface area (Å²) in [7, 11) is 0. The molecule has 1 amide bonds. The molecule has 1 heterocycles. The Morgan fingerprint density at radius 3 is 1.52 bits per heavy atom. The number of anilines is 2. The van der Waals surface area contributed by atoms with Gasteiger partial charge in [-0.2, -0.15) is 0 Å². The van der Waals surface area contributed by atoms with E-state index >= 15 is 0 Å². The van der Waals surface area contributed by atoms with Crippen LogP contribution in [-0.4, -0.2) is 10.9 Å². The van der Waals surface area contributed by atoms with Gasteiger partial charge in [0.15, 0.2) is 0 Å². The number of carbonyl (C=O) groups excluding carboxylic acids is 1. The van der Waals surface area contributed by atoms with Gasteiger partial charge in [-0.3, -0.25) is 14.7 Å². The van der Waals surface area contributed by atoms with E-state index in [2.05, 4.69) is 70.8 Å². The molecule has 3 aromatic rings. The second-order valence-electron chi connectivity index (χ2n) is 9.48. The lowest BCUT2D eigenvalue weighted by Crippen LogP contribution is -2.26. The Hall–Kier alpha value is -2.94. The molecule has 0 aliphatic heterocycles. The Labute approximate surface area is 174 Å². The Bertz CT molecular complexity index is 903. The number of benzene rings is 2. The highest BCUT2D eigenvalue weighted by Crippen LogP contribution is 2.32. The fourth-order valence-corrected chi connectivity index (χ4v) is 3.22. The number of carbonyl (C=O) groups is 1. The molecule has 1 aromatic heterocycles. The van der Waals surface area contributed by atoms with Crippen molar-refractivity contribution >= 4 is 17.3 Å². The number of amides is 1. The van der Waals surface area contributed by atoms with Gasteiger partial charge in [0.05, 0.1) is 5.56 Å². The van der Waals surface area contributed by atoms with Crippen LogP contribution in [-0.2, 0) is 10.8 Å². The van der Waals surface area contributed by atoms with Crippen LogP contribution in [0.5, 0.6) is 0 Å². The van der Waals surface area contributed by atoms with Crippen molar-refractivity contribution in [3.05, 3.63) is 89.7 Å². The van der Waals surface area contributed by atoms with E-state index in [-0.39, 0.29) is 16.7 Å². The van der Waals surface area contributed by atoms with Gasteiger partial charge in [0.2, 0.25) is 0 Å². The fraction of sp³-hybridized carbons (Fsp3) is 0.308. The number of pyridine rings is 1. The summed E-state index contributed by atoms with van der Waals surface area (Å²) in [5, 5.41) is 0. The number of hydrogen-bond acceptors (Lipinski definition) is 2. The molecule has 3 heteroatoms. The van der Waals surface area contributed by atoms with Crippen LogP contribution in [0.4, 0.5) is 11.4 Å². The summed E-state index contributed by atoms with van der Waals surface area (Å²) in [4.78, 5) is 19.3. The minimum atomic E-state index is -0.0925. The first-order valence-electron chi connectivity index (χ1n) is 10.0. The Balaban J connectivity index is 2.06. The van der Waals surface area contributed by atoms with Crippen LogP contribution in [0.15, 0.2) is 73.1 Å². The maximum Gasteiger partial charge on any atom is 0.264 e. The predicted molar refractivity (Wildman–Crippen MR) is 121 cm³/mol. The van der Waals surface area contributed by atoms with Crippen LogP contribution in [0.2, 0.25) is 0 Å². The number of rotatable bonds is 3. The van der Waals surface area contributed by atoms with E-state index in [9.17, 15) is 4.79 Å². The highest BCUT2D eigenvalue weighted by molar-refractivity contribution is 6.10. The summed E-state index contributed by atoms with van der Waals surface area (Å²) < 4.78 is 0. The SMILES string of the molecule is CC(C)(C)c1ccc(N(C(=O)c2cccnc2)c2ccc(C(C)(C)C)cc2)cc1. The third-order valence-corrected chi connectivity index (χ3v) is 5.09. The van der Waals surface area contributed by atoms with Gasteiger partial charge in [0.1, 0.15) is 0 Å². The number of nitrogens with zero attached hydrogens (tertiary/aromatic N) is 2. The largest absolute Gasteiger partial charge is 0.277 e. The molecule has 0 saturated heterocycles. The quantitative estimate of drug-likeness (QED) is 0.504. The van der Waals surface area contributed by atoms with Gasteiger partial charge >= 0.3 is 0 Å². The Kier molecular flexibility index (Phi) is 5.61. The van der Waals surface area contributed by atoms with Crippen molar-refractivity contribution < 1.29 is 4.79 Å². The van der Waals surface area contributed by atoms with E-state index in [1.165, 1.54) is 11.1 Å². The molecule has 0 radical (unpaired) electrons. The monoisotopic (exact) mass is 386 g/mol. The van der Waals surface area contributed by atoms with E-state index in [0.717, 1.165) is 11.4 Å². The van der Waals surface area contributed by atoms with E-state index in [1.807, 2.05) is 24.3 Å². The minimum Gasteiger partial charge on any atom is -0.277 e. The van der Waals surface area contributed by atoms with Crippen LogP contribution >= 0.6 is 0 Å². The summed E-state index contributed by atoms with van der Waals surface area (Å²) in [5.74, 6) is -0.0925. The summed E-state index contributed by atoms with van der Waals surface area (Å²) >= 11 is 0. The standard InChI is InChI=1S/C26H30N2O/c1-25(2,3)20-9-13-22(14-10-20)28(24(29)19-8-7-17-27-18-19)23-15-11-21(12-16-23)26(4,5)6/h7-18H,1-6H3. The van der Waals surface area contributed by atoms with Gasteiger partial charge in [-0.1, -0.05) is 65.8 Å². The molecule has 0 unspecified atom stereocenters. The summed E-state index contributed by atoms with van der Waals surface area (Å²) in [6, 6.07) is 20.1. The molecule has 0 bridgehead atoms. The molecule has 0 spiro atoms. The average Bonchev–Trinajstić information content (AvgIpc) is 2.68. The minimum absolute atomic E-state index is 0.0606. The molecular weight excluding hydrogens is 356 g/mol. The van der Waals surface area contributed by atoms with Crippen molar-refractivity contribution in [1.29, 1.82) is 0 Å². The van der Waals surface area contributed by atoms with E-state index in [1.54, 1.807) is 29.4 Å². The molecule has 3 rings (SSSR count). The van der Waals surface area contributed by atoms with Gasteiger partial charge in [-0.25, -0.2) is 0 Å². The molecule has 0 aliphatic rings. The Morgan fingerprint density at radius 2 is 1.17 bits per heavy atom. The Morgan fingerprint density at radius 1 is 0.724 bits per heavy atom. The lowest BCUT2D eigenvalue weighted by Gasteiger charge is -2.26. The highest BCUT2D eigenvalue weighted by Gasteiger charge is 2.22. The first-order chi connectivity index (χ1) is 13.6. The van der Waals surface area contributed by atoms with Gasteiger partial charge < -0.3 is 0 Å². The summed E-state index contributed by atoms with van der Waals surface area (Å²) in [6.45, 7) is 13.1. The zero-order valence-corrected chi connectivity index (χ0v) is 18.2. The maximum absolute atomic E-state index is 13.4. The average molecular weight is 387 g/mol. The van der Waals surface area contributed by atoms with E-state index in [4.69, 9.17) is 0 Å². The second kappa shape index (κ2) is 7.82. The molecule has 150 valence electrons. The molecule has 0 atom stereocenters.